The first-order chi connectivity index (χ1) is 20.8. The van der Waals surface area contributed by atoms with E-state index in [1.165, 1.54) is 6.07 Å². The molecule has 0 radical (unpaired) electrons. The zero-order valence-electron chi connectivity index (χ0n) is 22.2. The number of hydrogen-bond donors (Lipinski definition) is 0. The summed E-state index contributed by atoms with van der Waals surface area (Å²) in [6.45, 7) is 0. The number of carbonyl (C=O) groups excluding carboxylic acids is 1. The lowest BCUT2D eigenvalue weighted by Crippen LogP contribution is -2.11. The molecule has 1 nitrogen and oxygen atoms in total. The van der Waals surface area contributed by atoms with Gasteiger partial charge in [0.2, 0.25) is 0 Å². The van der Waals surface area contributed by atoms with Crippen molar-refractivity contribution in [2.75, 3.05) is 0 Å². The van der Waals surface area contributed by atoms with Gasteiger partial charge < -0.3 is 0 Å². The number of rotatable bonds is 7. The van der Waals surface area contributed by atoms with Crippen LogP contribution in [0.5, 0.6) is 0 Å². The molecule has 44 heavy (non-hydrogen) atoms. The van der Waals surface area contributed by atoms with Gasteiger partial charge in [0.15, 0.2) is 20.5 Å². The smallest absolute Gasteiger partial charge is 0.289 e. The van der Waals surface area contributed by atoms with Crippen molar-refractivity contribution in [2.45, 2.75) is 36.8 Å². The lowest BCUT2D eigenvalue weighted by Gasteiger charge is -2.15. The quantitative estimate of drug-likeness (QED) is 0.0967. The minimum Gasteiger partial charge on any atom is -0.289 e. The molecule has 0 amide bonds. The van der Waals surface area contributed by atoms with Gasteiger partial charge in [0.25, 0.3) is 0 Å². The van der Waals surface area contributed by atoms with Crippen LogP contribution in [-0.2, 0) is 23.2 Å². The molecule has 1 unspecified atom stereocenters. The molecule has 224 valence electrons. The number of alkyl halides is 6. The highest BCUT2D eigenvalue weighted by Gasteiger charge is 2.35. The van der Waals surface area contributed by atoms with Crippen LogP contribution in [-0.4, -0.2) is 5.78 Å². The fraction of sp³-hybridized carbons (Fsp3) is 0.0606. The predicted octanol–water partition coefficient (Wildman–Crippen LogP) is 11.5. The largest absolute Gasteiger partial charge is 0.417 e. The maximum atomic E-state index is 14.1. The minimum absolute atomic E-state index is 0.155. The molecule has 5 aromatic rings. The first-order valence-electron chi connectivity index (χ1n) is 12.8. The van der Waals surface area contributed by atoms with Crippen molar-refractivity contribution < 1.29 is 31.1 Å². The van der Waals surface area contributed by atoms with E-state index in [1.807, 2.05) is 48.5 Å². The summed E-state index contributed by atoms with van der Waals surface area (Å²) in [6, 6.07) is 28.8. The van der Waals surface area contributed by atoms with Crippen molar-refractivity contribution in [3.63, 3.8) is 0 Å². The topological polar surface area (TPSA) is 17.1 Å². The molecule has 0 aliphatic carbocycles. The van der Waals surface area contributed by atoms with E-state index in [1.54, 1.807) is 24.3 Å². The number of benzene rings is 5. The minimum atomic E-state index is -4.82. The van der Waals surface area contributed by atoms with E-state index in [0.29, 0.717) is 27.1 Å². The summed E-state index contributed by atoms with van der Waals surface area (Å²) in [4.78, 5) is 16.1. The highest BCUT2D eigenvalue weighted by Crippen LogP contribution is 2.42. The molecule has 0 spiro atoms. The average Bonchev–Trinajstić information content (AvgIpc) is 2.99. The molecular formula is C33H19Cl2F6OS2+. The molecule has 0 heterocycles. The van der Waals surface area contributed by atoms with E-state index in [4.69, 9.17) is 23.2 Å². The van der Waals surface area contributed by atoms with Gasteiger partial charge in [-0.2, -0.15) is 26.3 Å². The van der Waals surface area contributed by atoms with Crippen LogP contribution in [0.25, 0.3) is 0 Å². The first-order valence-corrected chi connectivity index (χ1v) is 15.6. The second-order valence-corrected chi connectivity index (χ2v) is 13.3. The number of carbonyl (C=O) groups is 1. The molecule has 0 N–H and O–H groups in total. The van der Waals surface area contributed by atoms with E-state index < -0.39 is 40.2 Å². The maximum absolute atomic E-state index is 14.1. The zero-order valence-corrected chi connectivity index (χ0v) is 25.4. The van der Waals surface area contributed by atoms with Crippen LogP contribution in [0.3, 0.4) is 0 Å². The van der Waals surface area contributed by atoms with Crippen LogP contribution in [0.2, 0.25) is 10.0 Å². The van der Waals surface area contributed by atoms with E-state index in [-0.39, 0.29) is 16.0 Å². The van der Waals surface area contributed by atoms with Crippen LogP contribution in [0.1, 0.15) is 27.0 Å². The van der Waals surface area contributed by atoms with Gasteiger partial charge in [-0.3, -0.25) is 4.79 Å². The molecule has 5 aromatic carbocycles. The zero-order chi connectivity index (χ0) is 31.6. The van der Waals surface area contributed by atoms with Gasteiger partial charge in [0.05, 0.1) is 32.1 Å². The first kappa shape index (κ1) is 32.0. The maximum Gasteiger partial charge on any atom is 0.417 e. The number of halogens is 8. The van der Waals surface area contributed by atoms with Crippen LogP contribution in [0.15, 0.2) is 140 Å². The predicted molar refractivity (Wildman–Crippen MR) is 162 cm³/mol. The van der Waals surface area contributed by atoms with E-state index in [9.17, 15) is 31.1 Å². The Hall–Kier alpha value is -3.37. The summed E-state index contributed by atoms with van der Waals surface area (Å²) >= 11 is 13.3. The van der Waals surface area contributed by atoms with Crippen molar-refractivity contribution >= 4 is 51.6 Å². The summed E-state index contributed by atoms with van der Waals surface area (Å²) < 4.78 is 81.7. The molecule has 0 saturated heterocycles. The molecule has 0 bridgehead atoms. The van der Waals surface area contributed by atoms with Crippen LogP contribution in [0.4, 0.5) is 26.3 Å². The Labute approximate surface area is 266 Å². The van der Waals surface area contributed by atoms with Gasteiger partial charge in [-0.05, 0) is 78.9 Å². The number of hydrogen-bond acceptors (Lipinski definition) is 2. The normalized spacial score (nSPS) is 12.6. The van der Waals surface area contributed by atoms with E-state index in [0.717, 1.165) is 50.7 Å². The molecule has 0 aromatic heterocycles. The Balaban J connectivity index is 1.45. The molecule has 0 aliphatic heterocycles. The second-order valence-electron chi connectivity index (χ2n) is 9.39. The lowest BCUT2D eigenvalue weighted by atomic mass is 9.99. The number of ketones is 1. The van der Waals surface area contributed by atoms with Gasteiger partial charge >= 0.3 is 12.4 Å². The van der Waals surface area contributed by atoms with Crippen LogP contribution >= 0.6 is 35.0 Å². The van der Waals surface area contributed by atoms with Crippen molar-refractivity contribution in [3.8, 4) is 0 Å². The summed E-state index contributed by atoms with van der Waals surface area (Å²) in [5, 5.41) is 0.821. The molecule has 1 atom stereocenters. The molecular weight excluding hydrogens is 661 g/mol. The van der Waals surface area contributed by atoms with Crippen molar-refractivity contribution in [1.82, 2.24) is 0 Å². The Morgan fingerprint density at radius 3 is 1.86 bits per heavy atom. The fourth-order valence-corrected chi connectivity index (χ4v) is 7.73. The lowest BCUT2D eigenvalue weighted by molar-refractivity contribution is -0.140. The van der Waals surface area contributed by atoms with Gasteiger partial charge in [-0.1, -0.05) is 65.3 Å². The fourth-order valence-electron chi connectivity index (χ4n) is 4.32. The van der Waals surface area contributed by atoms with Crippen molar-refractivity contribution in [1.29, 1.82) is 0 Å². The monoisotopic (exact) mass is 679 g/mol. The highest BCUT2D eigenvalue weighted by molar-refractivity contribution is 7.99. The van der Waals surface area contributed by atoms with Gasteiger partial charge in [-0.25, -0.2) is 0 Å². The summed E-state index contributed by atoms with van der Waals surface area (Å²) in [6.07, 6.45) is -9.52. The van der Waals surface area contributed by atoms with Crippen molar-refractivity contribution in [2.24, 2.45) is 0 Å². The molecule has 0 fully saturated rings. The standard InChI is InChI=1S/C33H19Cl2F6OS2/c34-28-15-14-26(19-29(28)35)44(24-7-2-1-3-8-24)25-12-10-23(11-13-25)43-30-16-9-21(18-27(30)33(39,40)41)31(42)20-5-4-6-22(17-20)32(36,37)38/h1-19H/q+1. The summed E-state index contributed by atoms with van der Waals surface area (Å²) in [5.41, 5.74) is -2.86. The van der Waals surface area contributed by atoms with Crippen LogP contribution < -0.4 is 0 Å². The summed E-state index contributed by atoms with van der Waals surface area (Å²) in [5.74, 6) is -0.947. The van der Waals surface area contributed by atoms with Gasteiger partial charge in [-0.15, -0.1) is 0 Å². The average molecular weight is 681 g/mol. The van der Waals surface area contributed by atoms with Crippen molar-refractivity contribution in [3.05, 3.63) is 148 Å². The highest BCUT2D eigenvalue weighted by atomic mass is 35.5. The molecule has 11 heteroatoms. The Morgan fingerprint density at radius 2 is 1.23 bits per heavy atom. The van der Waals surface area contributed by atoms with E-state index in [2.05, 4.69) is 0 Å². The SMILES string of the molecule is O=C(c1cccc(C(F)(F)F)c1)c1ccc(Sc2ccc([S+](c3ccccc3)c3ccc(Cl)c(Cl)c3)cc2)c(C(F)(F)F)c1. The third-order valence-electron chi connectivity index (χ3n) is 6.39. The third-order valence-corrected chi connectivity index (χ3v) is 10.4. The van der Waals surface area contributed by atoms with Crippen LogP contribution in [0, 0.1) is 0 Å². The third kappa shape index (κ3) is 7.29. The Morgan fingerprint density at radius 1 is 0.591 bits per heavy atom. The van der Waals surface area contributed by atoms with E-state index >= 15 is 0 Å². The molecule has 0 aliphatic rings. The summed E-state index contributed by atoms with van der Waals surface area (Å²) in [7, 11) is -0.581. The molecule has 5 rings (SSSR count). The Kier molecular flexibility index (Phi) is 9.41. The second kappa shape index (κ2) is 12.9. The molecule has 0 saturated carbocycles. The van der Waals surface area contributed by atoms with Gasteiger partial charge in [0.1, 0.15) is 0 Å². The Bertz CT molecular complexity index is 1810. The van der Waals surface area contributed by atoms with Gasteiger partial charge in [0, 0.05) is 27.0 Å².